The number of morpholine rings is 1. The molecule has 1 saturated heterocycles. The molecule has 0 amide bonds. The lowest BCUT2D eigenvalue weighted by atomic mass is 10.2. The number of aromatic nitrogens is 1. The second kappa shape index (κ2) is 5.02. The Morgan fingerprint density at radius 3 is 3.29 bits per heavy atom. The average molecular weight is 195 g/mol. The highest BCUT2D eigenvalue weighted by Crippen LogP contribution is 2.04. The predicted octanol–water partition coefficient (Wildman–Crippen LogP) is 0.805. The minimum atomic E-state index is 0.367. The van der Waals surface area contributed by atoms with Crippen molar-refractivity contribution in [3.05, 3.63) is 18.3 Å². The standard InChI is InChI=1S/C10H17N3O/c1-2-10(12-4-1)13-5-3-9-8-11-6-7-14-9/h1-2,4,9,11-13H,3,5-8H2. The second-order valence-electron chi connectivity index (χ2n) is 3.50. The van der Waals surface area contributed by atoms with Crippen LogP contribution < -0.4 is 10.6 Å². The molecule has 1 unspecified atom stereocenters. The topological polar surface area (TPSA) is 49.1 Å². The van der Waals surface area contributed by atoms with Crippen LogP contribution in [0.2, 0.25) is 0 Å². The van der Waals surface area contributed by atoms with Gasteiger partial charge in [0.05, 0.1) is 12.7 Å². The first-order valence-corrected chi connectivity index (χ1v) is 5.15. The fourth-order valence-electron chi connectivity index (χ4n) is 1.61. The van der Waals surface area contributed by atoms with Gasteiger partial charge in [0.1, 0.15) is 5.82 Å². The van der Waals surface area contributed by atoms with Gasteiger partial charge in [-0.1, -0.05) is 0 Å². The molecule has 1 aromatic rings. The van der Waals surface area contributed by atoms with Gasteiger partial charge in [0.15, 0.2) is 0 Å². The van der Waals surface area contributed by atoms with Crippen molar-refractivity contribution in [1.29, 1.82) is 0 Å². The van der Waals surface area contributed by atoms with Gasteiger partial charge in [0, 0.05) is 25.8 Å². The van der Waals surface area contributed by atoms with E-state index in [0.29, 0.717) is 6.10 Å². The van der Waals surface area contributed by atoms with E-state index in [1.54, 1.807) is 0 Å². The summed E-state index contributed by atoms with van der Waals surface area (Å²) in [5.74, 6) is 1.08. The van der Waals surface area contributed by atoms with Crippen molar-refractivity contribution in [3.8, 4) is 0 Å². The molecule has 1 aliphatic rings. The summed E-state index contributed by atoms with van der Waals surface area (Å²) in [6.45, 7) is 3.76. The molecule has 0 aromatic carbocycles. The molecule has 1 aliphatic heterocycles. The van der Waals surface area contributed by atoms with Crippen LogP contribution in [0.3, 0.4) is 0 Å². The Balaban J connectivity index is 1.62. The lowest BCUT2D eigenvalue weighted by Gasteiger charge is -2.23. The number of hydrogen-bond acceptors (Lipinski definition) is 3. The fraction of sp³-hybridized carbons (Fsp3) is 0.600. The third kappa shape index (κ3) is 2.75. The lowest BCUT2D eigenvalue weighted by Crippen LogP contribution is -2.39. The molecule has 0 aliphatic carbocycles. The predicted molar refractivity (Wildman–Crippen MR) is 56.5 cm³/mol. The number of H-pyrrole nitrogens is 1. The van der Waals surface area contributed by atoms with Gasteiger partial charge in [0.25, 0.3) is 0 Å². The van der Waals surface area contributed by atoms with Crippen LogP contribution in [0.5, 0.6) is 0 Å². The number of hydrogen-bond donors (Lipinski definition) is 3. The molecule has 78 valence electrons. The van der Waals surface area contributed by atoms with Gasteiger partial charge < -0.3 is 20.4 Å². The lowest BCUT2D eigenvalue weighted by molar-refractivity contribution is 0.0258. The van der Waals surface area contributed by atoms with Crippen LogP contribution in [0.4, 0.5) is 5.82 Å². The molecule has 1 aromatic heterocycles. The van der Waals surface area contributed by atoms with E-state index in [4.69, 9.17) is 4.74 Å². The van der Waals surface area contributed by atoms with E-state index in [2.05, 4.69) is 15.6 Å². The summed E-state index contributed by atoms with van der Waals surface area (Å²) in [6, 6.07) is 4.01. The fourth-order valence-corrected chi connectivity index (χ4v) is 1.61. The highest BCUT2D eigenvalue weighted by molar-refractivity contribution is 5.33. The van der Waals surface area contributed by atoms with Crippen LogP contribution in [-0.4, -0.2) is 37.3 Å². The van der Waals surface area contributed by atoms with E-state index in [1.165, 1.54) is 0 Å². The Morgan fingerprint density at radius 1 is 1.57 bits per heavy atom. The molecule has 2 rings (SSSR count). The molecule has 1 fully saturated rings. The summed E-state index contributed by atoms with van der Waals surface area (Å²) in [5, 5.41) is 6.63. The van der Waals surface area contributed by atoms with E-state index < -0.39 is 0 Å². The van der Waals surface area contributed by atoms with Crippen molar-refractivity contribution in [3.63, 3.8) is 0 Å². The van der Waals surface area contributed by atoms with Gasteiger partial charge in [-0.2, -0.15) is 0 Å². The smallest absolute Gasteiger partial charge is 0.103 e. The van der Waals surface area contributed by atoms with Gasteiger partial charge in [-0.3, -0.25) is 0 Å². The van der Waals surface area contributed by atoms with Crippen LogP contribution in [0.1, 0.15) is 6.42 Å². The maximum Gasteiger partial charge on any atom is 0.103 e. The summed E-state index contributed by atoms with van der Waals surface area (Å²) < 4.78 is 5.58. The van der Waals surface area contributed by atoms with E-state index in [-0.39, 0.29) is 0 Å². The van der Waals surface area contributed by atoms with Crippen molar-refractivity contribution >= 4 is 5.82 Å². The molecule has 14 heavy (non-hydrogen) atoms. The molecular formula is C10H17N3O. The Labute approximate surface area is 84.0 Å². The molecule has 0 spiro atoms. The van der Waals surface area contributed by atoms with Gasteiger partial charge in [0.2, 0.25) is 0 Å². The monoisotopic (exact) mass is 195 g/mol. The SMILES string of the molecule is c1c[nH]c(NCCC2CNCCO2)c1. The van der Waals surface area contributed by atoms with Crippen LogP contribution in [0.25, 0.3) is 0 Å². The van der Waals surface area contributed by atoms with Crippen LogP contribution in [-0.2, 0) is 4.74 Å². The van der Waals surface area contributed by atoms with E-state index >= 15 is 0 Å². The van der Waals surface area contributed by atoms with Crippen molar-refractivity contribution < 1.29 is 4.74 Å². The summed E-state index contributed by atoms with van der Waals surface area (Å²) >= 11 is 0. The number of nitrogens with one attached hydrogen (secondary N) is 3. The van der Waals surface area contributed by atoms with Gasteiger partial charge >= 0.3 is 0 Å². The zero-order chi connectivity index (χ0) is 9.64. The molecular weight excluding hydrogens is 178 g/mol. The Kier molecular flexibility index (Phi) is 3.43. The van der Waals surface area contributed by atoms with Crippen molar-refractivity contribution in [1.82, 2.24) is 10.3 Å². The molecule has 1 atom stereocenters. The summed E-state index contributed by atoms with van der Waals surface area (Å²) in [4.78, 5) is 3.11. The maximum atomic E-state index is 5.58. The largest absolute Gasteiger partial charge is 0.376 e. The molecule has 4 heteroatoms. The first-order chi connectivity index (χ1) is 6.95. The molecule has 3 N–H and O–H groups in total. The van der Waals surface area contributed by atoms with Crippen molar-refractivity contribution in [2.45, 2.75) is 12.5 Å². The summed E-state index contributed by atoms with van der Waals surface area (Å²) in [5.41, 5.74) is 0. The number of anilines is 1. The van der Waals surface area contributed by atoms with Crippen molar-refractivity contribution in [2.75, 3.05) is 31.6 Å². The zero-order valence-corrected chi connectivity index (χ0v) is 8.25. The minimum absolute atomic E-state index is 0.367. The quantitative estimate of drug-likeness (QED) is 0.666. The maximum absolute atomic E-state index is 5.58. The minimum Gasteiger partial charge on any atom is -0.376 e. The molecule has 4 nitrogen and oxygen atoms in total. The highest BCUT2D eigenvalue weighted by atomic mass is 16.5. The van der Waals surface area contributed by atoms with Crippen LogP contribution in [0, 0.1) is 0 Å². The van der Waals surface area contributed by atoms with Gasteiger partial charge in [-0.25, -0.2) is 0 Å². The zero-order valence-electron chi connectivity index (χ0n) is 8.25. The first kappa shape index (κ1) is 9.55. The molecule has 0 saturated carbocycles. The van der Waals surface area contributed by atoms with Crippen molar-refractivity contribution in [2.24, 2.45) is 0 Å². The third-order valence-electron chi connectivity index (χ3n) is 2.38. The number of aromatic amines is 1. The third-order valence-corrected chi connectivity index (χ3v) is 2.38. The summed E-state index contributed by atoms with van der Waals surface area (Å²) in [7, 11) is 0. The van der Waals surface area contributed by atoms with E-state index in [9.17, 15) is 0 Å². The Bertz CT molecular complexity index is 242. The van der Waals surface area contributed by atoms with E-state index in [1.807, 2.05) is 18.3 Å². The van der Waals surface area contributed by atoms with Gasteiger partial charge in [-0.15, -0.1) is 0 Å². The first-order valence-electron chi connectivity index (χ1n) is 5.15. The molecule has 0 bridgehead atoms. The highest BCUT2D eigenvalue weighted by Gasteiger charge is 2.12. The molecule has 2 heterocycles. The average Bonchev–Trinajstić information content (AvgIpc) is 2.72. The van der Waals surface area contributed by atoms with E-state index in [0.717, 1.165) is 38.5 Å². The molecule has 0 radical (unpaired) electrons. The van der Waals surface area contributed by atoms with Crippen LogP contribution >= 0.6 is 0 Å². The Hall–Kier alpha value is -1.00. The van der Waals surface area contributed by atoms with Crippen LogP contribution in [0.15, 0.2) is 18.3 Å². The number of rotatable bonds is 4. The Morgan fingerprint density at radius 2 is 2.57 bits per heavy atom. The second-order valence-corrected chi connectivity index (χ2v) is 3.50. The van der Waals surface area contributed by atoms with Gasteiger partial charge in [-0.05, 0) is 18.6 Å². The normalized spacial score (nSPS) is 22.1. The number of ether oxygens (including phenoxy) is 1. The summed E-state index contributed by atoms with van der Waals surface area (Å²) in [6.07, 6.45) is 3.33.